The first-order valence-corrected chi connectivity index (χ1v) is 6.39. The van der Waals surface area contributed by atoms with Gasteiger partial charge in [0.05, 0.1) is 18.0 Å². The van der Waals surface area contributed by atoms with Crippen molar-refractivity contribution in [3.63, 3.8) is 0 Å². The van der Waals surface area contributed by atoms with Gasteiger partial charge in [0.25, 0.3) is 0 Å². The molecule has 0 fully saturated rings. The molecule has 2 atom stereocenters. The molecule has 0 saturated heterocycles. The molecule has 1 aromatic heterocycles. The van der Waals surface area contributed by atoms with Crippen LogP contribution in [0.15, 0.2) is 18.2 Å². The molecule has 1 heterocycles. The molecule has 0 bridgehead atoms. The zero-order valence-corrected chi connectivity index (χ0v) is 11.8. The Bertz CT molecular complexity index is 622. The van der Waals surface area contributed by atoms with Gasteiger partial charge in [-0.25, -0.2) is 4.98 Å². The van der Waals surface area contributed by atoms with Gasteiger partial charge in [0, 0.05) is 0 Å². The molecule has 0 aliphatic carbocycles. The third-order valence-electron chi connectivity index (χ3n) is 3.09. The van der Waals surface area contributed by atoms with Crippen LogP contribution < -0.4 is 10.5 Å². The second kappa shape index (κ2) is 5.09. The monoisotopic (exact) mass is 281 g/mol. The Morgan fingerprint density at radius 1 is 1.47 bits per heavy atom. The van der Waals surface area contributed by atoms with E-state index >= 15 is 0 Å². The van der Waals surface area contributed by atoms with Crippen LogP contribution in [0.2, 0.25) is 0 Å². The molecule has 0 radical (unpaired) electrons. The molecule has 2 aromatic rings. The van der Waals surface area contributed by atoms with Gasteiger partial charge >= 0.3 is 0 Å². The highest BCUT2D eigenvalue weighted by molar-refractivity contribution is 6.20. The Hall–Kier alpha value is -1.75. The number of hydrogen-bond donors (Lipinski definition) is 1. The third-order valence-corrected chi connectivity index (χ3v) is 3.28. The topological polar surface area (TPSA) is 70.1 Å². The predicted octanol–water partition coefficient (Wildman–Crippen LogP) is 2.39. The van der Waals surface area contributed by atoms with Crippen LogP contribution >= 0.6 is 11.6 Å². The Labute approximate surface area is 116 Å². The summed E-state index contributed by atoms with van der Waals surface area (Å²) in [5.41, 5.74) is 6.86. The van der Waals surface area contributed by atoms with Crippen molar-refractivity contribution in [2.45, 2.75) is 25.3 Å². The quantitative estimate of drug-likeness (QED) is 0.875. The minimum absolute atomic E-state index is 0.334. The van der Waals surface area contributed by atoms with E-state index in [0.29, 0.717) is 17.1 Å². The first-order valence-electron chi connectivity index (χ1n) is 5.95. The number of fused-ring (bicyclic) bond motifs is 1. The SMILES string of the molecule is COc1cccc2c1nc(C(C)Cl)n2C(C)C(N)=O. The average molecular weight is 282 g/mol. The van der Waals surface area contributed by atoms with Crippen LogP contribution in [0.5, 0.6) is 5.75 Å². The standard InChI is InChI=1S/C13H16ClN3O2/c1-7(14)13-16-11-9(5-4-6-10(11)19-3)17(13)8(2)12(15)18/h4-8H,1-3H3,(H2,15,18). The summed E-state index contributed by atoms with van der Waals surface area (Å²) in [7, 11) is 1.58. The number of hydrogen-bond acceptors (Lipinski definition) is 3. The Balaban J connectivity index is 2.78. The third kappa shape index (κ3) is 2.26. The van der Waals surface area contributed by atoms with Crippen molar-refractivity contribution in [3.05, 3.63) is 24.0 Å². The van der Waals surface area contributed by atoms with Crippen molar-refractivity contribution in [3.8, 4) is 5.75 Å². The maximum absolute atomic E-state index is 11.5. The number of ether oxygens (including phenoxy) is 1. The molecule has 1 aromatic carbocycles. The average Bonchev–Trinajstić information content (AvgIpc) is 2.76. The summed E-state index contributed by atoms with van der Waals surface area (Å²) in [6.45, 7) is 3.53. The molecule has 19 heavy (non-hydrogen) atoms. The summed E-state index contributed by atoms with van der Waals surface area (Å²) in [5.74, 6) is 0.819. The number of carbonyl (C=O) groups is 1. The smallest absolute Gasteiger partial charge is 0.240 e. The van der Waals surface area contributed by atoms with E-state index in [1.807, 2.05) is 18.2 Å². The van der Waals surface area contributed by atoms with Crippen LogP contribution in [0.4, 0.5) is 0 Å². The number of nitrogens with zero attached hydrogens (tertiary/aromatic N) is 2. The predicted molar refractivity (Wildman–Crippen MR) is 74.5 cm³/mol. The second-order valence-electron chi connectivity index (χ2n) is 4.36. The molecule has 2 N–H and O–H groups in total. The molecule has 0 saturated carbocycles. The Kier molecular flexibility index (Phi) is 3.66. The fraction of sp³-hybridized carbons (Fsp3) is 0.385. The molecule has 5 nitrogen and oxygen atoms in total. The van der Waals surface area contributed by atoms with Gasteiger partial charge < -0.3 is 15.0 Å². The number of aromatic nitrogens is 2. The number of rotatable bonds is 4. The number of amides is 1. The molecule has 6 heteroatoms. The van der Waals surface area contributed by atoms with Gasteiger partial charge in [0.1, 0.15) is 23.1 Å². The zero-order valence-electron chi connectivity index (χ0n) is 11.1. The van der Waals surface area contributed by atoms with E-state index in [-0.39, 0.29) is 5.38 Å². The van der Waals surface area contributed by atoms with Crippen LogP contribution in [-0.4, -0.2) is 22.6 Å². The molecule has 0 spiro atoms. The van der Waals surface area contributed by atoms with Crippen molar-refractivity contribution < 1.29 is 9.53 Å². The van der Waals surface area contributed by atoms with E-state index in [1.54, 1.807) is 25.5 Å². The molecule has 1 amide bonds. The first kappa shape index (κ1) is 13.7. The van der Waals surface area contributed by atoms with E-state index in [9.17, 15) is 4.79 Å². The molecular weight excluding hydrogens is 266 g/mol. The number of benzene rings is 1. The lowest BCUT2D eigenvalue weighted by molar-refractivity contribution is -0.120. The number of primary amides is 1. The Morgan fingerprint density at radius 3 is 2.68 bits per heavy atom. The summed E-state index contributed by atoms with van der Waals surface area (Å²) in [5, 5.41) is -0.334. The summed E-state index contributed by atoms with van der Waals surface area (Å²) in [6.07, 6.45) is 0. The van der Waals surface area contributed by atoms with Crippen molar-refractivity contribution in [2.75, 3.05) is 7.11 Å². The highest BCUT2D eigenvalue weighted by atomic mass is 35.5. The molecule has 102 valence electrons. The summed E-state index contributed by atoms with van der Waals surface area (Å²) in [4.78, 5) is 16.0. The lowest BCUT2D eigenvalue weighted by Crippen LogP contribution is -2.25. The van der Waals surface area contributed by atoms with E-state index in [1.165, 1.54) is 0 Å². The largest absolute Gasteiger partial charge is 0.494 e. The zero-order chi connectivity index (χ0) is 14.2. The number of alkyl halides is 1. The van der Waals surface area contributed by atoms with Gasteiger partial charge in [-0.3, -0.25) is 4.79 Å². The van der Waals surface area contributed by atoms with Crippen LogP contribution in [0.3, 0.4) is 0 Å². The van der Waals surface area contributed by atoms with Crippen molar-refractivity contribution >= 4 is 28.5 Å². The number of carbonyl (C=O) groups excluding carboxylic acids is 1. The van der Waals surface area contributed by atoms with Gasteiger partial charge in [-0.2, -0.15) is 0 Å². The first-order chi connectivity index (χ1) is 8.97. The van der Waals surface area contributed by atoms with Crippen LogP contribution in [0.1, 0.15) is 31.1 Å². The van der Waals surface area contributed by atoms with Crippen molar-refractivity contribution in [1.29, 1.82) is 0 Å². The van der Waals surface area contributed by atoms with Gasteiger partial charge in [-0.1, -0.05) is 6.07 Å². The molecule has 0 aliphatic rings. The number of imidazole rings is 1. The fourth-order valence-corrected chi connectivity index (χ4v) is 2.24. The van der Waals surface area contributed by atoms with E-state index < -0.39 is 11.9 Å². The molecule has 2 rings (SSSR count). The summed E-state index contributed by atoms with van der Waals surface area (Å²) < 4.78 is 7.04. The van der Waals surface area contributed by atoms with Crippen molar-refractivity contribution in [2.24, 2.45) is 5.73 Å². The van der Waals surface area contributed by atoms with Crippen LogP contribution in [-0.2, 0) is 4.79 Å². The summed E-state index contributed by atoms with van der Waals surface area (Å²) in [6, 6.07) is 5.01. The van der Waals surface area contributed by atoms with Gasteiger partial charge in [0.2, 0.25) is 5.91 Å². The lowest BCUT2D eigenvalue weighted by Gasteiger charge is -2.15. The summed E-state index contributed by atoms with van der Waals surface area (Å²) >= 11 is 6.15. The molecular formula is C13H16ClN3O2. The van der Waals surface area contributed by atoms with Crippen molar-refractivity contribution in [1.82, 2.24) is 9.55 Å². The maximum atomic E-state index is 11.5. The van der Waals surface area contributed by atoms with Gasteiger partial charge in [-0.05, 0) is 26.0 Å². The van der Waals surface area contributed by atoms with E-state index in [2.05, 4.69) is 4.98 Å². The normalized spacial score (nSPS) is 14.3. The fourth-order valence-electron chi connectivity index (χ4n) is 2.09. The molecule has 2 unspecified atom stereocenters. The maximum Gasteiger partial charge on any atom is 0.240 e. The lowest BCUT2D eigenvalue weighted by atomic mass is 10.2. The van der Waals surface area contributed by atoms with E-state index in [0.717, 1.165) is 5.52 Å². The second-order valence-corrected chi connectivity index (χ2v) is 5.02. The number of para-hydroxylation sites is 1. The number of halogens is 1. The van der Waals surface area contributed by atoms with Crippen LogP contribution in [0, 0.1) is 0 Å². The van der Waals surface area contributed by atoms with Gasteiger partial charge in [-0.15, -0.1) is 11.6 Å². The molecule has 0 aliphatic heterocycles. The van der Waals surface area contributed by atoms with Gasteiger partial charge in [0.15, 0.2) is 0 Å². The highest BCUT2D eigenvalue weighted by Crippen LogP contribution is 2.32. The van der Waals surface area contributed by atoms with Crippen LogP contribution in [0.25, 0.3) is 11.0 Å². The minimum Gasteiger partial charge on any atom is -0.494 e. The minimum atomic E-state index is -0.520. The van der Waals surface area contributed by atoms with E-state index in [4.69, 9.17) is 22.1 Å². The number of nitrogens with two attached hydrogens (primary N) is 1. The Morgan fingerprint density at radius 2 is 2.16 bits per heavy atom. The number of methoxy groups -OCH3 is 1. The highest BCUT2D eigenvalue weighted by Gasteiger charge is 2.23.